The van der Waals surface area contributed by atoms with E-state index in [0.717, 1.165) is 12.8 Å². The number of nitrogens with one attached hydrogen (secondary N) is 3. The molecule has 3 nitrogen and oxygen atoms in total. The van der Waals surface area contributed by atoms with Crippen LogP contribution >= 0.6 is 12.2 Å². The van der Waals surface area contributed by atoms with E-state index >= 15 is 0 Å². The lowest BCUT2D eigenvalue weighted by molar-refractivity contribution is -0.884. The summed E-state index contributed by atoms with van der Waals surface area (Å²) >= 11 is 5.24. The largest absolute Gasteiger partial charge is 0.359 e. The van der Waals surface area contributed by atoms with Gasteiger partial charge in [-0.25, -0.2) is 4.39 Å². The van der Waals surface area contributed by atoms with E-state index < -0.39 is 0 Å². The summed E-state index contributed by atoms with van der Waals surface area (Å²) in [6, 6.07) is 6.76. The number of hydrogen-bond acceptors (Lipinski definition) is 1. The topological polar surface area (TPSA) is 28.5 Å². The molecule has 1 heterocycles. The van der Waals surface area contributed by atoms with E-state index in [-0.39, 0.29) is 5.82 Å². The molecule has 1 aromatic rings. The van der Waals surface area contributed by atoms with Gasteiger partial charge in [-0.15, -0.1) is 0 Å². The van der Waals surface area contributed by atoms with Gasteiger partial charge in [0.2, 0.25) is 0 Å². The van der Waals surface area contributed by atoms with E-state index in [1.807, 2.05) is 0 Å². The molecule has 1 aliphatic heterocycles. The third-order valence-corrected chi connectivity index (χ3v) is 3.48. The van der Waals surface area contributed by atoms with Crippen molar-refractivity contribution in [1.82, 2.24) is 5.32 Å². The smallest absolute Gasteiger partial charge is 0.171 e. The summed E-state index contributed by atoms with van der Waals surface area (Å²) in [6.07, 6.45) is 2.24. The van der Waals surface area contributed by atoms with Crippen molar-refractivity contribution in [2.45, 2.75) is 18.9 Å². The second kappa shape index (κ2) is 6.11. The van der Waals surface area contributed by atoms with E-state index in [0.29, 0.717) is 16.8 Å². The van der Waals surface area contributed by atoms with Gasteiger partial charge < -0.3 is 15.5 Å². The third-order valence-electron chi connectivity index (χ3n) is 3.26. The summed E-state index contributed by atoms with van der Waals surface area (Å²) in [5.41, 5.74) is 0.686. The predicted octanol–water partition coefficient (Wildman–Crippen LogP) is 0.789. The number of thiocarbonyl (C=S) groups is 1. The Morgan fingerprint density at radius 1 is 1.39 bits per heavy atom. The molecule has 0 amide bonds. The molecule has 18 heavy (non-hydrogen) atoms. The first-order valence-electron chi connectivity index (χ1n) is 6.28. The summed E-state index contributed by atoms with van der Waals surface area (Å²) in [7, 11) is 2.21. The van der Waals surface area contributed by atoms with Gasteiger partial charge in [-0.2, -0.15) is 0 Å². The highest BCUT2D eigenvalue weighted by Crippen LogP contribution is 2.09. The predicted molar refractivity (Wildman–Crippen MR) is 75.4 cm³/mol. The van der Waals surface area contributed by atoms with Crippen molar-refractivity contribution in [2.24, 2.45) is 0 Å². The number of halogens is 1. The van der Waals surface area contributed by atoms with Crippen LogP contribution in [0.5, 0.6) is 0 Å². The zero-order valence-electron chi connectivity index (χ0n) is 10.5. The highest BCUT2D eigenvalue weighted by molar-refractivity contribution is 7.80. The number of piperidine rings is 1. The summed E-state index contributed by atoms with van der Waals surface area (Å²) in [5.74, 6) is -0.259. The molecule has 0 aliphatic carbocycles. The van der Waals surface area contributed by atoms with Gasteiger partial charge in [0.1, 0.15) is 5.82 Å². The monoisotopic (exact) mass is 268 g/mol. The summed E-state index contributed by atoms with van der Waals surface area (Å²) in [5, 5.41) is 6.88. The van der Waals surface area contributed by atoms with E-state index in [9.17, 15) is 4.39 Å². The molecule has 1 saturated heterocycles. The van der Waals surface area contributed by atoms with Crippen LogP contribution in [-0.4, -0.2) is 31.3 Å². The number of benzene rings is 1. The molecular weight excluding hydrogens is 249 g/mol. The maximum atomic E-state index is 13.0. The molecule has 98 valence electrons. The van der Waals surface area contributed by atoms with Crippen molar-refractivity contribution < 1.29 is 9.29 Å². The van der Waals surface area contributed by atoms with Gasteiger partial charge in [0.15, 0.2) is 5.11 Å². The molecule has 0 atom stereocenters. The van der Waals surface area contributed by atoms with Gasteiger partial charge in [-0.1, -0.05) is 6.07 Å². The van der Waals surface area contributed by atoms with Crippen LogP contribution in [0, 0.1) is 5.82 Å². The van der Waals surface area contributed by atoms with Crippen molar-refractivity contribution in [3.8, 4) is 0 Å². The fourth-order valence-corrected chi connectivity index (χ4v) is 2.46. The van der Waals surface area contributed by atoms with Crippen LogP contribution in [0.2, 0.25) is 0 Å². The highest BCUT2D eigenvalue weighted by atomic mass is 32.1. The molecule has 0 aromatic heterocycles. The Kier molecular flexibility index (Phi) is 4.49. The standard InChI is InChI=1S/C13H18FN3S/c1-17-7-5-11(6-8-17)15-13(18)16-12-4-2-3-10(14)9-12/h2-4,9,11H,5-8H2,1H3,(H2,15,16,18)/p+1. The van der Waals surface area contributed by atoms with Crippen molar-refractivity contribution in [1.29, 1.82) is 0 Å². The average molecular weight is 268 g/mol. The fourth-order valence-electron chi connectivity index (χ4n) is 2.17. The fraction of sp³-hybridized carbons (Fsp3) is 0.462. The van der Waals surface area contributed by atoms with Crippen LogP contribution < -0.4 is 15.5 Å². The minimum atomic E-state index is -0.259. The van der Waals surface area contributed by atoms with Crippen LogP contribution in [0.4, 0.5) is 10.1 Å². The molecule has 0 bridgehead atoms. The average Bonchev–Trinajstić information content (AvgIpc) is 2.32. The Balaban J connectivity index is 1.82. The SMILES string of the molecule is C[NH+]1CCC(NC(=S)Nc2cccc(F)c2)CC1. The molecule has 1 aromatic carbocycles. The Morgan fingerprint density at radius 3 is 2.78 bits per heavy atom. The summed E-state index contributed by atoms with van der Waals surface area (Å²) in [6.45, 7) is 2.33. The minimum Gasteiger partial charge on any atom is -0.359 e. The quantitative estimate of drug-likeness (QED) is 0.693. The molecule has 2 rings (SSSR count). The summed E-state index contributed by atoms with van der Waals surface area (Å²) < 4.78 is 13.0. The summed E-state index contributed by atoms with van der Waals surface area (Å²) in [4.78, 5) is 1.57. The van der Waals surface area contributed by atoms with E-state index in [1.165, 1.54) is 25.2 Å². The van der Waals surface area contributed by atoms with E-state index in [2.05, 4.69) is 17.7 Å². The van der Waals surface area contributed by atoms with Gasteiger partial charge in [0, 0.05) is 24.6 Å². The first kappa shape index (κ1) is 13.2. The van der Waals surface area contributed by atoms with Gasteiger partial charge in [-0.3, -0.25) is 0 Å². The van der Waals surface area contributed by atoms with E-state index in [1.54, 1.807) is 17.0 Å². The Hall–Kier alpha value is -1.20. The maximum absolute atomic E-state index is 13.0. The Bertz CT molecular complexity index is 416. The minimum absolute atomic E-state index is 0.259. The second-order valence-electron chi connectivity index (χ2n) is 4.84. The number of likely N-dealkylation sites (tertiary alicyclic amines) is 1. The molecular formula is C13H19FN3S+. The van der Waals surface area contributed by atoms with Crippen LogP contribution in [0.1, 0.15) is 12.8 Å². The van der Waals surface area contributed by atoms with Gasteiger partial charge >= 0.3 is 0 Å². The number of hydrogen-bond donors (Lipinski definition) is 3. The van der Waals surface area contributed by atoms with Gasteiger partial charge in [0.25, 0.3) is 0 Å². The lowest BCUT2D eigenvalue weighted by Gasteiger charge is -2.28. The third kappa shape index (κ3) is 3.92. The van der Waals surface area contributed by atoms with Gasteiger partial charge in [-0.05, 0) is 30.4 Å². The van der Waals surface area contributed by atoms with Crippen LogP contribution in [0.25, 0.3) is 0 Å². The zero-order valence-corrected chi connectivity index (χ0v) is 11.3. The van der Waals surface area contributed by atoms with Crippen LogP contribution in [-0.2, 0) is 0 Å². The molecule has 1 aliphatic rings. The normalized spacial score (nSPS) is 23.4. The second-order valence-corrected chi connectivity index (χ2v) is 5.25. The zero-order chi connectivity index (χ0) is 13.0. The van der Waals surface area contributed by atoms with Gasteiger partial charge in [0.05, 0.1) is 20.1 Å². The molecule has 0 unspecified atom stereocenters. The lowest BCUT2D eigenvalue weighted by atomic mass is 10.1. The van der Waals surface area contributed by atoms with Crippen molar-refractivity contribution in [3.05, 3.63) is 30.1 Å². The molecule has 5 heteroatoms. The first-order valence-corrected chi connectivity index (χ1v) is 6.69. The maximum Gasteiger partial charge on any atom is 0.171 e. The Morgan fingerprint density at radius 2 is 2.11 bits per heavy atom. The lowest BCUT2D eigenvalue weighted by Crippen LogP contribution is -3.10. The van der Waals surface area contributed by atoms with Crippen molar-refractivity contribution in [3.63, 3.8) is 0 Å². The highest BCUT2D eigenvalue weighted by Gasteiger charge is 2.19. The van der Waals surface area contributed by atoms with Crippen LogP contribution in [0.3, 0.4) is 0 Å². The number of rotatable bonds is 2. The van der Waals surface area contributed by atoms with E-state index in [4.69, 9.17) is 12.2 Å². The molecule has 3 N–H and O–H groups in total. The molecule has 0 saturated carbocycles. The molecule has 0 radical (unpaired) electrons. The Labute approximate surface area is 112 Å². The number of anilines is 1. The van der Waals surface area contributed by atoms with Crippen molar-refractivity contribution in [2.75, 3.05) is 25.5 Å². The number of quaternary nitrogens is 1. The van der Waals surface area contributed by atoms with Crippen molar-refractivity contribution >= 4 is 23.0 Å². The molecule has 1 fully saturated rings. The first-order chi connectivity index (χ1) is 8.63. The van der Waals surface area contributed by atoms with Crippen LogP contribution in [0.15, 0.2) is 24.3 Å². The molecule has 0 spiro atoms.